The van der Waals surface area contributed by atoms with Gasteiger partial charge in [0.2, 0.25) is 0 Å². The highest BCUT2D eigenvalue weighted by Crippen LogP contribution is 2.44. The van der Waals surface area contributed by atoms with Crippen LogP contribution in [0.3, 0.4) is 0 Å². The number of amides is 1. The SMILES string of the molecule is CC(C)C(C)(C)[Si](C)(C)OCCCc1ccccc1C(=O)c1ccccc1C(=O)N(CCCCC1CCCCC1)C(CO)C(=O)O. The second-order valence-corrected chi connectivity index (χ2v) is 19.0. The lowest BCUT2D eigenvalue weighted by Gasteiger charge is -2.42. The first-order valence-electron chi connectivity index (χ1n) is 17.3. The van der Waals surface area contributed by atoms with Gasteiger partial charge in [0.1, 0.15) is 0 Å². The van der Waals surface area contributed by atoms with Crippen molar-refractivity contribution in [2.45, 2.75) is 116 Å². The number of carboxylic acids is 1. The molecule has 2 aromatic carbocycles. The van der Waals surface area contributed by atoms with Gasteiger partial charge in [-0.15, -0.1) is 0 Å². The van der Waals surface area contributed by atoms with Crippen LogP contribution in [0, 0.1) is 11.8 Å². The average Bonchev–Trinajstić information content (AvgIpc) is 3.04. The van der Waals surface area contributed by atoms with E-state index >= 15 is 0 Å². The molecule has 1 amide bonds. The number of hydrogen-bond acceptors (Lipinski definition) is 5. The van der Waals surface area contributed by atoms with Crippen LogP contribution in [0.5, 0.6) is 0 Å². The van der Waals surface area contributed by atoms with Gasteiger partial charge in [0, 0.05) is 24.3 Å². The number of ketones is 1. The topological polar surface area (TPSA) is 104 Å². The van der Waals surface area contributed by atoms with Crippen LogP contribution in [0.15, 0.2) is 48.5 Å². The van der Waals surface area contributed by atoms with Gasteiger partial charge in [0.05, 0.1) is 12.2 Å². The van der Waals surface area contributed by atoms with E-state index in [0.29, 0.717) is 36.8 Å². The van der Waals surface area contributed by atoms with E-state index in [1.807, 2.05) is 18.2 Å². The highest BCUT2D eigenvalue weighted by Gasteiger charge is 2.43. The highest BCUT2D eigenvalue weighted by molar-refractivity contribution is 6.74. The Bertz CT molecular complexity index is 1300. The van der Waals surface area contributed by atoms with Crippen LogP contribution < -0.4 is 0 Å². The number of unbranched alkanes of at least 4 members (excludes halogenated alkanes) is 1. The maximum absolute atomic E-state index is 14.1. The molecule has 0 radical (unpaired) electrons. The van der Waals surface area contributed by atoms with Crippen molar-refractivity contribution < 1.29 is 29.0 Å². The summed E-state index contributed by atoms with van der Waals surface area (Å²) in [5.41, 5.74) is 1.80. The van der Waals surface area contributed by atoms with Crippen LogP contribution in [-0.2, 0) is 15.6 Å². The lowest BCUT2D eigenvalue weighted by molar-refractivity contribution is -0.143. The number of aliphatic hydroxyl groups excluding tert-OH is 1. The van der Waals surface area contributed by atoms with Gasteiger partial charge in [-0.1, -0.05) is 115 Å². The third kappa shape index (κ3) is 9.61. The summed E-state index contributed by atoms with van der Waals surface area (Å²) in [6.07, 6.45) is 10.3. The van der Waals surface area contributed by atoms with Crippen molar-refractivity contribution >= 4 is 26.0 Å². The third-order valence-corrected chi connectivity index (χ3v) is 15.4. The number of aryl methyl sites for hydroxylation is 1. The molecule has 8 heteroatoms. The molecular formula is C38H57NO6Si. The molecule has 3 rings (SSSR count). The fourth-order valence-corrected chi connectivity index (χ4v) is 8.92. The summed E-state index contributed by atoms with van der Waals surface area (Å²) in [4.78, 5) is 41.4. The molecule has 0 bridgehead atoms. The van der Waals surface area contributed by atoms with Gasteiger partial charge in [0.15, 0.2) is 20.1 Å². The maximum Gasteiger partial charge on any atom is 0.328 e. The van der Waals surface area contributed by atoms with Crippen LogP contribution in [0.1, 0.15) is 117 Å². The molecule has 254 valence electrons. The lowest BCUT2D eigenvalue weighted by atomic mass is 9.86. The molecule has 1 aliphatic carbocycles. The molecule has 0 saturated heterocycles. The summed E-state index contributed by atoms with van der Waals surface area (Å²) in [7, 11) is -1.96. The first-order chi connectivity index (χ1) is 21.8. The summed E-state index contributed by atoms with van der Waals surface area (Å²) in [6.45, 7) is 13.7. The zero-order chi connectivity index (χ0) is 33.9. The van der Waals surface area contributed by atoms with Crippen LogP contribution in [0.2, 0.25) is 18.1 Å². The number of hydrogen-bond donors (Lipinski definition) is 2. The zero-order valence-corrected chi connectivity index (χ0v) is 30.0. The molecule has 7 nitrogen and oxygen atoms in total. The Morgan fingerprint density at radius 3 is 2.13 bits per heavy atom. The predicted octanol–water partition coefficient (Wildman–Crippen LogP) is 8.15. The highest BCUT2D eigenvalue weighted by atomic mass is 28.4. The minimum Gasteiger partial charge on any atom is -0.480 e. The molecule has 2 aromatic rings. The number of carbonyl (C=O) groups is 3. The van der Waals surface area contributed by atoms with Crippen molar-refractivity contribution in [1.29, 1.82) is 0 Å². The summed E-state index contributed by atoms with van der Waals surface area (Å²) in [5, 5.41) is 20.0. The number of benzene rings is 2. The van der Waals surface area contributed by atoms with Crippen molar-refractivity contribution in [3.63, 3.8) is 0 Å². The predicted molar refractivity (Wildman–Crippen MR) is 187 cm³/mol. The minimum absolute atomic E-state index is 0.121. The molecule has 2 N–H and O–H groups in total. The average molecular weight is 652 g/mol. The van der Waals surface area contributed by atoms with Gasteiger partial charge in [0.25, 0.3) is 5.91 Å². The van der Waals surface area contributed by atoms with Crippen molar-refractivity contribution in [3.05, 3.63) is 70.8 Å². The number of nitrogens with zero attached hydrogens (tertiary/aromatic N) is 1. The van der Waals surface area contributed by atoms with E-state index in [9.17, 15) is 24.6 Å². The van der Waals surface area contributed by atoms with E-state index in [-0.39, 0.29) is 28.5 Å². The largest absolute Gasteiger partial charge is 0.480 e. The number of carbonyl (C=O) groups excluding carboxylic acids is 2. The van der Waals surface area contributed by atoms with Gasteiger partial charge in [-0.2, -0.15) is 0 Å². The van der Waals surface area contributed by atoms with E-state index in [4.69, 9.17) is 4.43 Å². The number of rotatable bonds is 18. The Kier molecular flexibility index (Phi) is 14.2. The van der Waals surface area contributed by atoms with Crippen LogP contribution in [0.4, 0.5) is 0 Å². The molecule has 0 spiro atoms. The number of carboxylic acid groups (broad SMARTS) is 1. The molecule has 1 saturated carbocycles. The second-order valence-electron chi connectivity index (χ2n) is 14.4. The molecule has 0 aliphatic heterocycles. The van der Waals surface area contributed by atoms with E-state index in [1.165, 1.54) is 37.0 Å². The second kappa shape index (κ2) is 17.4. The molecular weight excluding hydrogens is 595 g/mol. The third-order valence-electron chi connectivity index (χ3n) is 10.8. The van der Waals surface area contributed by atoms with Crippen molar-refractivity contribution in [2.75, 3.05) is 19.8 Å². The molecule has 46 heavy (non-hydrogen) atoms. The Labute approximate surface area is 277 Å². The quantitative estimate of drug-likeness (QED) is 0.0958. The van der Waals surface area contributed by atoms with Crippen LogP contribution in [0.25, 0.3) is 0 Å². The zero-order valence-electron chi connectivity index (χ0n) is 29.0. The van der Waals surface area contributed by atoms with Crippen molar-refractivity contribution in [2.24, 2.45) is 11.8 Å². The molecule has 1 atom stereocenters. The first-order valence-corrected chi connectivity index (χ1v) is 20.2. The minimum atomic E-state index is -1.96. The van der Waals surface area contributed by atoms with Crippen LogP contribution >= 0.6 is 0 Å². The van der Waals surface area contributed by atoms with Gasteiger partial charge in [-0.05, 0) is 60.9 Å². The smallest absolute Gasteiger partial charge is 0.328 e. The van der Waals surface area contributed by atoms with Gasteiger partial charge < -0.3 is 19.5 Å². The molecule has 1 unspecified atom stereocenters. The molecule has 0 aromatic heterocycles. The summed E-state index contributed by atoms with van der Waals surface area (Å²) in [5.74, 6) is -0.881. The molecule has 1 aliphatic rings. The fourth-order valence-electron chi connectivity index (χ4n) is 6.50. The van der Waals surface area contributed by atoms with Gasteiger partial charge >= 0.3 is 5.97 Å². The summed E-state index contributed by atoms with van der Waals surface area (Å²) < 4.78 is 6.50. The number of aliphatic carboxylic acids is 1. The Hall–Kier alpha value is -2.81. The van der Waals surface area contributed by atoms with E-state index in [2.05, 4.69) is 40.8 Å². The van der Waals surface area contributed by atoms with Gasteiger partial charge in [-0.25, -0.2) is 4.79 Å². The fraction of sp³-hybridized carbons (Fsp3) is 0.605. The van der Waals surface area contributed by atoms with E-state index < -0.39 is 32.8 Å². The Morgan fingerprint density at radius 1 is 0.913 bits per heavy atom. The normalized spacial score (nSPS) is 15.1. The van der Waals surface area contributed by atoms with Crippen LogP contribution in [-0.4, -0.2) is 66.9 Å². The monoisotopic (exact) mass is 651 g/mol. The van der Waals surface area contributed by atoms with E-state index in [0.717, 1.165) is 24.8 Å². The van der Waals surface area contributed by atoms with Crippen molar-refractivity contribution in [3.8, 4) is 0 Å². The molecule has 1 fully saturated rings. The number of aliphatic hydroxyl groups is 1. The molecule has 0 heterocycles. The first kappa shape index (κ1) is 37.6. The Balaban J connectivity index is 1.77. The van der Waals surface area contributed by atoms with E-state index in [1.54, 1.807) is 30.3 Å². The summed E-state index contributed by atoms with van der Waals surface area (Å²) >= 11 is 0. The standard InChI is InChI=1S/C38H57NO6Si/c1-28(2)38(3,4)46(5,6)45-26-16-21-30-20-10-11-22-31(30)35(41)32-23-12-13-24-33(32)36(42)39(34(27-40)37(43)44)25-15-14-19-29-17-8-7-9-18-29/h10-13,20,22-24,28-29,34,40H,7-9,14-19,21,25-27H2,1-6H3,(H,43,44). The Morgan fingerprint density at radius 2 is 1.52 bits per heavy atom. The lowest BCUT2D eigenvalue weighted by Crippen LogP contribution is -2.48. The van der Waals surface area contributed by atoms with Gasteiger partial charge in [-0.3, -0.25) is 9.59 Å². The van der Waals surface area contributed by atoms with Crippen molar-refractivity contribution in [1.82, 2.24) is 4.90 Å². The maximum atomic E-state index is 14.1. The summed E-state index contributed by atoms with van der Waals surface area (Å²) in [6, 6.07) is 12.7.